The van der Waals surface area contributed by atoms with Gasteiger partial charge >= 0.3 is 0 Å². The highest BCUT2D eigenvalue weighted by molar-refractivity contribution is 5.38. The molecule has 1 aliphatic heterocycles. The number of aliphatic hydroxyl groups excluding tert-OH is 1. The number of hydrogen-bond acceptors (Lipinski definition) is 2. The van der Waals surface area contributed by atoms with Crippen LogP contribution in [0, 0.1) is 5.41 Å². The van der Waals surface area contributed by atoms with Gasteiger partial charge in [0.2, 0.25) is 0 Å². The van der Waals surface area contributed by atoms with E-state index in [1.165, 1.54) is 5.56 Å². The molecule has 18 heavy (non-hydrogen) atoms. The minimum Gasteiger partial charge on any atom is -0.493 e. The van der Waals surface area contributed by atoms with Gasteiger partial charge in [-0.25, -0.2) is 0 Å². The molecule has 1 heterocycles. The third-order valence-electron chi connectivity index (χ3n) is 3.66. The van der Waals surface area contributed by atoms with Crippen molar-refractivity contribution in [1.29, 1.82) is 0 Å². The van der Waals surface area contributed by atoms with Crippen LogP contribution in [0.15, 0.2) is 24.3 Å². The van der Waals surface area contributed by atoms with Gasteiger partial charge in [0.15, 0.2) is 0 Å². The molecule has 0 saturated heterocycles. The number of benzene rings is 1. The third-order valence-corrected chi connectivity index (χ3v) is 3.66. The smallest absolute Gasteiger partial charge is 0.122 e. The molecule has 1 aromatic carbocycles. The molecule has 0 fully saturated rings. The van der Waals surface area contributed by atoms with Crippen LogP contribution in [0.25, 0.3) is 0 Å². The molecule has 2 heteroatoms. The van der Waals surface area contributed by atoms with Crippen molar-refractivity contribution in [2.24, 2.45) is 5.41 Å². The van der Waals surface area contributed by atoms with Crippen molar-refractivity contribution >= 4 is 0 Å². The average Bonchev–Trinajstić information content (AvgIpc) is 2.34. The van der Waals surface area contributed by atoms with Crippen molar-refractivity contribution in [3.8, 4) is 5.75 Å². The molecule has 0 aromatic heterocycles. The maximum Gasteiger partial charge on any atom is 0.122 e. The predicted octanol–water partition coefficient (Wildman–Crippen LogP) is 3.74. The number of para-hydroxylation sites is 1. The molecule has 2 rings (SSSR count). The lowest BCUT2D eigenvalue weighted by molar-refractivity contribution is 0.0965. The van der Waals surface area contributed by atoms with E-state index in [1.54, 1.807) is 0 Å². The van der Waals surface area contributed by atoms with E-state index in [2.05, 4.69) is 26.8 Å². The highest BCUT2D eigenvalue weighted by Crippen LogP contribution is 2.37. The highest BCUT2D eigenvalue weighted by Gasteiger charge is 2.28. The summed E-state index contributed by atoms with van der Waals surface area (Å²) in [5.41, 5.74) is 1.45. The summed E-state index contributed by atoms with van der Waals surface area (Å²) in [6.45, 7) is 7.38. The SMILES string of the molecule is CC(C)(C)CCC(O)C1CCOc2ccccc21. The van der Waals surface area contributed by atoms with E-state index >= 15 is 0 Å². The molecule has 0 amide bonds. The monoisotopic (exact) mass is 248 g/mol. The van der Waals surface area contributed by atoms with Crippen LogP contribution in [0.3, 0.4) is 0 Å². The fourth-order valence-electron chi connectivity index (χ4n) is 2.55. The van der Waals surface area contributed by atoms with E-state index in [4.69, 9.17) is 4.74 Å². The maximum absolute atomic E-state index is 10.4. The summed E-state index contributed by atoms with van der Waals surface area (Å²) in [7, 11) is 0. The number of rotatable bonds is 3. The Hall–Kier alpha value is -1.02. The van der Waals surface area contributed by atoms with E-state index < -0.39 is 0 Å². The molecule has 2 atom stereocenters. The summed E-state index contributed by atoms with van der Waals surface area (Å²) in [6.07, 6.45) is 2.58. The first-order valence-electron chi connectivity index (χ1n) is 6.87. The highest BCUT2D eigenvalue weighted by atomic mass is 16.5. The Bertz CT molecular complexity index is 392. The Morgan fingerprint density at radius 3 is 2.78 bits per heavy atom. The first-order valence-corrected chi connectivity index (χ1v) is 6.87. The first kappa shape index (κ1) is 13.4. The zero-order valence-electron chi connectivity index (χ0n) is 11.6. The summed E-state index contributed by atoms with van der Waals surface area (Å²) in [4.78, 5) is 0. The van der Waals surface area contributed by atoms with Crippen LogP contribution in [0.1, 0.15) is 51.5 Å². The molecule has 1 N–H and O–H groups in total. The van der Waals surface area contributed by atoms with Gasteiger partial charge in [0.1, 0.15) is 5.75 Å². The summed E-state index contributed by atoms with van der Waals surface area (Å²) in [6, 6.07) is 8.09. The molecule has 0 bridgehead atoms. The second-order valence-corrected chi connectivity index (χ2v) is 6.45. The van der Waals surface area contributed by atoms with E-state index in [0.717, 1.165) is 25.0 Å². The van der Waals surface area contributed by atoms with Gasteiger partial charge in [-0.3, -0.25) is 0 Å². The van der Waals surface area contributed by atoms with Crippen LogP contribution >= 0.6 is 0 Å². The zero-order chi connectivity index (χ0) is 13.2. The zero-order valence-corrected chi connectivity index (χ0v) is 11.6. The number of ether oxygens (including phenoxy) is 1. The van der Waals surface area contributed by atoms with Crippen LogP contribution in [0.4, 0.5) is 0 Å². The second kappa shape index (κ2) is 5.31. The quantitative estimate of drug-likeness (QED) is 0.883. The molecule has 0 saturated carbocycles. The van der Waals surface area contributed by atoms with Crippen molar-refractivity contribution in [2.75, 3.05) is 6.61 Å². The lowest BCUT2D eigenvalue weighted by Crippen LogP contribution is -2.26. The van der Waals surface area contributed by atoms with Gasteiger partial charge < -0.3 is 9.84 Å². The number of fused-ring (bicyclic) bond motifs is 1. The van der Waals surface area contributed by atoms with E-state index in [9.17, 15) is 5.11 Å². The van der Waals surface area contributed by atoms with Crippen LogP contribution in [0.5, 0.6) is 5.75 Å². The van der Waals surface area contributed by atoms with Crippen LogP contribution in [0.2, 0.25) is 0 Å². The standard InChI is InChI=1S/C16H24O2/c1-16(2,3)10-8-14(17)12-9-11-18-15-7-5-4-6-13(12)15/h4-7,12,14,17H,8-11H2,1-3H3. The molecular weight excluding hydrogens is 224 g/mol. The minimum atomic E-state index is -0.255. The largest absolute Gasteiger partial charge is 0.493 e. The molecule has 1 aromatic rings. The number of hydrogen-bond donors (Lipinski definition) is 1. The predicted molar refractivity (Wildman–Crippen MR) is 74.0 cm³/mol. The summed E-state index contributed by atoms with van der Waals surface area (Å²) in [5.74, 6) is 1.18. The first-order chi connectivity index (χ1) is 8.47. The van der Waals surface area contributed by atoms with Crippen molar-refractivity contribution in [3.63, 3.8) is 0 Å². The summed E-state index contributed by atoms with van der Waals surface area (Å²) < 4.78 is 5.64. The van der Waals surface area contributed by atoms with Gasteiger partial charge in [-0.05, 0) is 36.3 Å². The van der Waals surface area contributed by atoms with Gasteiger partial charge in [0.05, 0.1) is 12.7 Å². The third kappa shape index (κ3) is 3.26. The van der Waals surface area contributed by atoms with E-state index in [-0.39, 0.29) is 17.4 Å². The summed E-state index contributed by atoms with van der Waals surface area (Å²) >= 11 is 0. The fraction of sp³-hybridized carbons (Fsp3) is 0.625. The molecule has 0 aliphatic carbocycles. The molecule has 2 nitrogen and oxygen atoms in total. The second-order valence-electron chi connectivity index (χ2n) is 6.45. The molecule has 0 radical (unpaired) electrons. The molecular formula is C16H24O2. The Morgan fingerprint density at radius 2 is 2.06 bits per heavy atom. The number of aliphatic hydroxyl groups is 1. The van der Waals surface area contributed by atoms with E-state index in [1.807, 2.05) is 18.2 Å². The van der Waals surface area contributed by atoms with Crippen molar-refractivity contribution in [2.45, 2.75) is 52.1 Å². The van der Waals surface area contributed by atoms with Crippen LogP contribution < -0.4 is 4.74 Å². The van der Waals surface area contributed by atoms with Crippen LogP contribution in [-0.4, -0.2) is 17.8 Å². The molecule has 2 unspecified atom stereocenters. The van der Waals surface area contributed by atoms with Gasteiger partial charge in [-0.2, -0.15) is 0 Å². The van der Waals surface area contributed by atoms with Crippen LogP contribution in [-0.2, 0) is 0 Å². The topological polar surface area (TPSA) is 29.5 Å². The lowest BCUT2D eigenvalue weighted by Gasteiger charge is -2.31. The van der Waals surface area contributed by atoms with Crippen molar-refractivity contribution < 1.29 is 9.84 Å². The van der Waals surface area contributed by atoms with Gasteiger partial charge in [-0.1, -0.05) is 39.0 Å². The normalized spacial score (nSPS) is 21.0. The average molecular weight is 248 g/mol. The van der Waals surface area contributed by atoms with Crippen molar-refractivity contribution in [3.05, 3.63) is 29.8 Å². The maximum atomic E-state index is 10.4. The van der Waals surface area contributed by atoms with Crippen molar-refractivity contribution in [1.82, 2.24) is 0 Å². The Morgan fingerprint density at radius 1 is 1.33 bits per heavy atom. The minimum absolute atomic E-state index is 0.234. The summed E-state index contributed by atoms with van der Waals surface area (Å²) in [5, 5.41) is 10.4. The Labute approximate surface area is 110 Å². The Balaban J connectivity index is 2.06. The van der Waals surface area contributed by atoms with E-state index in [0.29, 0.717) is 6.61 Å². The molecule has 1 aliphatic rings. The molecule has 0 spiro atoms. The Kier molecular flexibility index (Phi) is 3.96. The fourth-order valence-corrected chi connectivity index (χ4v) is 2.55. The molecule has 100 valence electrons. The van der Waals surface area contributed by atoms with Gasteiger partial charge in [-0.15, -0.1) is 0 Å². The van der Waals surface area contributed by atoms with Gasteiger partial charge in [0, 0.05) is 5.92 Å². The van der Waals surface area contributed by atoms with Gasteiger partial charge in [0.25, 0.3) is 0 Å². The lowest BCUT2D eigenvalue weighted by atomic mass is 9.82.